The summed E-state index contributed by atoms with van der Waals surface area (Å²) in [5.41, 5.74) is 5.91. The van der Waals surface area contributed by atoms with Crippen molar-refractivity contribution in [2.45, 2.75) is 26.2 Å². The van der Waals surface area contributed by atoms with Crippen LogP contribution in [0.2, 0.25) is 0 Å². The van der Waals surface area contributed by atoms with E-state index >= 15 is 0 Å². The Bertz CT molecular complexity index is 778. The Kier molecular flexibility index (Phi) is 5.23. The van der Waals surface area contributed by atoms with Crippen LogP contribution in [0.5, 0.6) is 0 Å². The molecule has 0 spiro atoms. The molecule has 0 aromatic heterocycles. The molecule has 1 aliphatic rings. The zero-order valence-electron chi connectivity index (χ0n) is 14.2. The fourth-order valence-corrected chi connectivity index (χ4v) is 2.42. The lowest BCUT2D eigenvalue weighted by Gasteiger charge is -2.06. The van der Waals surface area contributed by atoms with Crippen molar-refractivity contribution in [3.63, 3.8) is 0 Å². The largest absolute Gasteiger partial charge is 0.326 e. The quantitative estimate of drug-likeness (QED) is 0.629. The number of carbonyl (C=O) groups excluding carboxylic acids is 2. The first kappa shape index (κ1) is 16.9. The smallest absolute Gasteiger partial charge is 0.244 e. The SMILES string of the molecule is C/C(=N/NC(=O)Cc1ccccc1)c1ccc(NC(=O)C2CC2)cc1. The van der Waals surface area contributed by atoms with Gasteiger partial charge in [-0.1, -0.05) is 42.5 Å². The second-order valence-corrected chi connectivity index (χ2v) is 6.24. The van der Waals surface area contributed by atoms with Gasteiger partial charge in [0.2, 0.25) is 11.8 Å². The average molecular weight is 335 g/mol. The molecule has 1 aliphatic carbocycles. The van der Waals surface area contributed by atoms with Gasteiger partial charge in [0.15, 0.2) is 0 Å². The van der Waals surface area contributed by atoms with Crippen LogP contribution < -0.4 is 10.7 Å². The van der Waals surface area contributed by atoms with E-state index in [0.29, 0.717) is 12.1 Å². The Hall–Kier alpha value is -2.95. The fraction of sp³-hybridized carbons (Fsp3) is 0.250. The number of hydrogen-bond acceptors (Lipinski definition) is 3. The molecule has 0 radical (unpaired) electrons. The molecule has 5 heteroatoms. The summed E-state index contributed by atoms with van der Waals surface area (Å²) in [7, 11) is 0. The predicted molar refractivity (Wildman–Crippen MR) is 98.3 cm³/mol. The summed E-state index contributed by atoms with van der Waals surface area (Å²) >= 11 is 0. The van der Waals surface area contributed by atoms with Gasteiger partial charge in [0.1, 0.15) is 0 Å². The average Bonchev–Trinajstić information content (AvgIpc) is 3.46. The minimum absolute atomic E-state index is 0.0892. The minimum Gasteiger partial charge on any atom is -0.326 e. The highest BCUT2D eigenvalue weighted by atomic mass is 16.2. The molecule has 0 bridgehead atoms. The van der Waals surface area contributed by atoms with Crippen molar-refractivity contribution in [2.24, 2.45) is 11.0 Å². The van der Waals surface area contributed by atoms with Gasteiger partial charge in [-0.25, -0.2) is 5.43 Å². The molecule has 5 nitrogen and oxygen atoms in total. The van der Waals surface area contributed by atoms with Gasteiger partial charge < -0.3 is 5.32 Å². The number of benzene rings is 2. The first-order chi connectivity index (χ1) is 12.1. The van der Waals surface area contributed by atoms with E-state index in [1.807, 2.05) is 61.5 Å². The predicted octanol–water partition coefficient (Wildman–Crippen LogP) is 3.12. The lowest BCUT2D eigenvalue weighted by atomic mass is 10.1. The third kappa shape index (κ3) is 5.01. The third-order valence-corrected chi connectivity index (χ3v) is 4.07. The molecule has 25 heavy (non-hydrogen) atoms. The Labute approximate surface area is 147 Å². The van der Waals surface area contributed by atoms with Crippen LogP contribution in [0.15, 0.2) is 59.7 Å². The van der Waals surface area contributed by atoms with Crippen LogP contribution in [0.3, 0.4) is 0 Å². The molecule has 2 aromatic carbocycles. The first-order valence-electron chi connectivity index (χ1n) is 8.40. The van der Waals surface area contributed by atoms with Crippen molar-refractivity contribution >= 4 is 23.2 Å². The van der Waals surface area contributed by atoms with E-state index in [1.54, 1.807) is 0 Å². The fourth-order valence-electron chi connectivity index (χ4n) is 2.42. The van der Waals surface area contributed by atoms with Gasteiger partial charge in [-0.2, -0.15) is 5.10 Å². The molecule has 0 unspecified atom stereocenters. The molecule has 1 saturated carbocycles. The van der Waals surface area contributed by atoms with E-state index in [-0.39, 0.29) is 17.7 Å². The van der Waals surface area contributed by atoms with Crippen molar-refractivity contribution in [3.05, 3.63) is 65.7 Å². The van der Waals surface area contributed by atoms with Crippen LogP contribution in [0, 0.1) is 5.92 Å². The molecule has 0 atom stereocenters. The summed E-state index contributed by atoms with van der Waals surface area (Å²) in [5.74, 6) is 0.119. The van der Waals surface area contributed by atoms with E-state index in [1.165, 1.54) is 0 Å². The van der Waals surface area contributed by atoms with Gasteiger partial charge >= 0.3 is 0 Å². The number of carbonyl (C=O) groups is 2. The molecule has 0 heterocycles. The molecule has 2 aromatic rings. The molecule has 128 valence electrons. The zero-order chi connectivity index (χ0) is 17.6. The van der Waals surface area contributed by atoms with Crippen molar-refractivity contribution in [3.8, 4) is 0 Å². The van der Waals surface area contributed by atoms with Crippen molar-refractivity contribution in [2.75, 3.05) is 5.32 Å². The number of amides is 2. The summed E-state index contributed by atoms with van der Waals surface area (Å²) in [6.45, 7) is 1.83. The van der Waals surface area contributed by atoms with Crippen molar-refractivity contribution < 1.29 is 9.59 Å². The molecule has 0 aliphatic heterocycles. The van der Waals surface area contributed by atoms with Crippen molar-refractivity contribution in [1.82, 2.24) is 5.43 Å². The minimum atomic E-state index is -0.154. The van der Waals surface area contributed by atoms with E-state index in [2.05, 4.69) is 15.8 Å². The second kappa shape index (κ2) is 7.75. The van der Waals surface area contributed by atoms with Gasteiger partial charge in [0.05, 0.1) is 12.1 Å². The summed E-state index contributed by atoms with van der Waals surface area (Å²) in [6.07, 6.45) is 2.26. The Balaban J connectivity index is 1.54. The van der Waals surface area contributed by atoms with Crippen LogP contribution in [0.4, 0.5) is 5.69 Å². The Morgan fingerprint density at radius 3 is 2.36 bits per heavy atom. The van der Waals surface area contributed by atoms with Crippen molar-refractivity contribution in [1.29, 1.82) is 0 Å². The van der Waals surface area contributed by atoms with Gasteiger partial charge in [0, 0.05) is 11.6 Å². The topological polar surface area (TPSA) is 70.6 Å². The van der Waals surface area contributed by atoms with Gasteiger partial charge in [-0.3, -0.25) is 9.59 Å². The molecule has 2 amide bonds. The molecular weight excluding hydrogens is 314 g/mol. The zero-order valence-corrected chi connectivity index (χ0v) is 14.2. The lowest BCUT2D eigenvalue weighted by molar-refractivity contribution is -0.120. The second-order valence-electron chi connectivity index (χ2n) is 6.24. The van der Waals surface area contributed by atoms with E-state index in [0.717, 1.165) is 29.7 Å². The number of nitrogens with zero attached hydrogens (tertiary/aromatic N) is 1. The van der Waals surface area contributed by atoms with Crippen LogP contribution in [0.1, 0.15) is 30.9 Å². The molecule has 2 N–H and O–H groups in total. The maximum Gasteiger partial charge on any atom is 0.244 e. The highest BCUT2D eigenvalue weighted by Crippen LogP contribution is 2.30. The van der Waals surface area contributed by atoms with Crippen LogP contribution >= 0.6 is 0 Å². The molecular formula is C20H21N3O2. The van der Waals surface area contributed by atoms with E-state index in [4.69, 9.17) is 0 Å². The molecule has 1 fully saturated rings. The van der Waals surface area contributed by atoms with Crippen LogP contribution in [-0.4, -0.2) is 17.5 Å². The van der Waals surface area contributed by atoms with Gasteiger partial charge in [-0.05, 0) is 43.0 Å². The highest BCUT2D eigenvalue weighted by molar-refractivity contribution is 6.00. The van der Waals surface area contributed by atoms with E-state index < -0.39 is 0 Å². The van der Waals surface area contributed by atoms with Crippen LogP contribution in [-0.2, 0) is 16.0 Å². The monoisotopic (exact) mass is 335 g/mol. The number of anilines is 1. The number of hydrazone groups is 1. The maximum atomic E-state index is 11.9. The summed E-state index contributed by atoms with van der Waals surface area (Å²) in [5, 5.41) is 7.05. The highest BCUT2D eigenvalue weighted by Gasteiger charge is 2.29. The molecule has 0 saturated heterocycles. The first-order valence-corrected chi connectivity index (χ1v) is 8.40. The lowest BCUT2D eigenvalue weighted by Crippen LogP contribution is -2.21. The summed E-state index contributed by atoms with van der Waals surface area (Å²) < 4.78 is 0. The summed E-state index contributed by atoms with van der Waals surface area (Å²) in [6, 6.07) is 17.0. The third-order valence-electron chi connectivity index (χ3n) is 4.07. The number of hydrogen-bond donors (Lipinski definition) is 2. The number of rotatable bonds is 6. The Morgan fingerprint density at radius 2 is 1.72 bits per heavy atom. The normalized spacial score (nSPS) is 14.0. The maximum absolute atomic E-state index is 11.9. The Morgan fingerprint density at radius 1 is 1.04 bits per heavy atom. The summed E-state index contributed by atoms with van der Waals surface area (Å²) in [4.78, 5) is 23.7. The molecule has 3 rings (SSSR count). The number of nitrogens with one attached hydrogen (secondary N) is 2. The van der Waals surface area contributed by atoms with Crippen LogP contribution in [0.25, 0.3) is 0 Å². The van der Waals surface area contributed by atoms with E-state index in [9.17, 15) is 9.59 Å². The van der Waals surface area contributed by atoms with Gasteiger partial charge in [0.25, 0.3) is 0 Å². The standard InChI is InChI=1S/C20H21N3O2/c1-14(22-23-19(24)13-15-5-3-2-4-6-15)16-9-11-18(12-10-16)21-20(25)17-7-8-17/h2-6,9-12,17H,7-8,13H2,1H3,(H,21,25)(H,23,24)/b22-14-. The van der Waals surface area contributed by atoms with Gasteiger partial charge in [-0.15, -0.1) is 0 Å².